The number of hydrogen-bond donors (Lipinski definition) is 3. The van der Waals surface area contributed by atoms with Crippen LogP contribution in [0.4, 0.5) is 0 Å². The Morgan fingerprint density at radius 3 is 2.62 bits per heavy atom. The number of aliphatic hydroxyl groups is 2. The van der Waals surface area contributed by atoms with E-state index in [1.165, 1.54) is 18.7 Å². The molecule has 5 heteroatoms. The molecule has 4 nitrogen and oxygen atoms in total. The zero-order valence-corrected chi connectivity index (χ0v) is 8.54. The van der Waals surface area contributed by atoms with Crippen LogP contribution in [-0.2, 0) is 4.79 Å². The third-order valence-electron chi connectivity index (χ3n) is 2.28. The maximum Gasteiger partial charge on any atom is 0.217 e. The number of amides is 1. The minimum absolute atomic E-state index is 0.0982. The summed E-state index contributed by atoms with van der Waals surface area (Å²) in [5.74, 6) is -0.120. The number of hydrogen-bond acceptors (Lipinski definition) is 4. The van der Waals surface area contributed by atoms with Crippen molar-refractivity contribution in [3.8, 4) is 0 Å². The molecule has 0 heterocycles. The fourth-order valence-corrected chi connectivity index (χ4v) is 2.66. The highest BCUT2D eigenvalue weighted by atomic mass is 32.2. The number of carbonyl (C=O) groups is 1. The number of carbonyl (C=O) groups excluding carboxylic acids is 1. The summed E-state index contributed by atoms with van der Waals surface area (Å²) in [5, 5.41) is 21.5. The molecule has 0 aromatic carbocycles. The van der Waals surface area contributed by atoms with Gasteiger partial charge >= 0.3 is 0 Å². The van der Waals surface area contributed by atoms with Gasteiger partial charge in [-0.3, -0.25) is 4.79 Å². The van der Waals surface area contributed by atoms with Gasteiger partial charge in [0.2, 0.25) is 5.91 Å². The Hall–Kier alpha value is -0.260. The van der Waals surface area contributed by atoms with Crippen molar-refractivity contribution >= 4 is 17.7 Å². The predicted octanol–water partition coefficient (Wildman–Crippen LogP) is -0.652. The van der Waals surface area contributed by atoms with Gasteiger partial charge in [-0.05, 0) is 12.7 Å². The summed E-state index contributed by atoms with van der Waals surface area (Å²) in [5.41, 5.74) is 0. The Kier molecular flexibility index (Phi) is 3.58. The van der Waals surface area contributed by atoms with E-state index in [4.69, 9.17) is 0 Å². The molecule has 0 aromatic heterocycles. The first-order valence-electron chi connectivity index (χ1n) is 4.22. The van der Waals surface area contributed by atoms with Crippen LogP contribution in [0.5, 0.6) is 0 Å². The van der Waals surface area contributed by atoms with Gasteiger partial charge in [-0.2, -0.15) is 11.8 Å². The van der Waals surface area contributed by atoms with Gasteiger partial charge < -0.3 is 15.5 Å². The van der Waals surface area contributed by atoms with Crippen LogP contribution in [0, 0.1) is 0 Å². The van der Waals surface area contributed by atoms with E-state index in [-0.39, 0.29) is 17.2 Å². The molecule has 0 aromatic rings. The Morgan fingerprint density at radius 2 is 2.15 bits per heavy atom. The topological polar surface area (TPSA) is 69.6 Å². The molecule has 0 spiro atoms. The summed E-state index contributed by atoms with van der Waals surface area (Å²) in [6.45, 7) is 1.44. The van der Waals surface area contributed by atoms with Crippen molar-refractivity contribution in [3.63, 3.8) is 0 Å². The van der Waals surface area contributed by atoms with Gasteiger partial charge in [0, 0.05) is 13.0 Å². The summed E-state index contributed by atoms with van der Waals surface area (Å²) in [7, 11) is 0. The lowest BCUT2D eigenvalue weighted by Crippen LogP contribution is -2.40. The molecule has 4 unspecified atom stereocenters. The standard InChI is InChI=1S/C8H15NO3S/c1-4(10)9-5-3-6(11)7(12)8(5)13-2/h5-8,11-12H,3H2,1-2H3,(H,9,10). The van der Waals surface area contributed by atoms with Gasteiger partial charge in [0.15, 0.2) is 0 Å². The van der Waals surface area contributed by atoms with Crippen LogP contribution >= 0.6 is 11.8 Å². The first-order chi connectivity index (χ1) is 6.06. The Balaban J connectivity index is 2.59. The average molecular weight is 205 g/mol. The van der Waals surface area contributed by atoms with Crippen LogP contribution in [0.25, 0.3) is 0 Å². The fourth-order valence-electron chi connectivity index (χ4n) is 1.70. The highest BCUT2D eigenvalue weighted by Crippen LogP contribution is 2.29. The zero-order valence-electron chi connectivity index (χ0n) is 7.73. The van der Waals surface area contributed by atoms with Crippen molar-refractivity contribution < 1.29 is 15.0 Å². The van der Waals surface area contributed by atoms with Crippen LogP contribution in [-0.4, -0.2) is 45.9 Å². The molecular formula is C8H15NO3S. The first-order valence-corrected chi connectivity index (χ1v) is 5.51. The second kappa shape index (κ2) is 4.30. The van der Waals surface area contributed by atoms with Crippen LogP contribution < -0.4 is 5.32 Å². The van der Waals surface area contributed by atoms with Crippen molar-refractivity contribution in [3.05, 3.63) is 0 Å². The van der Waals surface area contributed by atoms with Crippen LogP contribution in [0.3, 0.4) is 0 Å². The molecule has 0 saturated heterocycles. The van der Waals surface area contributed by atoms with E-state index in [0.717, 1.165) is 0 Å². The molecule has 1 rings (SSSR count). The van der Waals surface area contributed by atoms with Crippen LogP contribution in [0.2, 0.25) is 0 Å². The number of thioether (sulfide) groups is 1. The quantitative estimate of drug-likeness (QED) is 0.560. The van der Waals surface area contributed by atoms with Crippen molar-refractivity contribution in [1.82, 2.24) is 5.32 Å². The van der Waals surface area contributed by atoms with Crippen molar-refractivity contribution in [2.24, 2.45) is 0 Å². The molecule has 1 fully saturated rings. The third kappa shape index (κ3) is 2.36. The number of aliphatic hydroxyl groups excluding tert-OH is 2. The van der Waals surface area contributed by atoms with E-state index < -0.39 is 12.2 Å². The first kappa shape index (κ1) is 10.8. The second-order valence-corrected chi connectivity index (χ2v) is 4.32. The fraction of sp³-hybridized carbons (Fsp3) is 0.875. The molecule has 4 atom stereocenters. The molecular weight excluding hydrogens is 190 g/mol. The minimum Gasteiger partial charge on any atom is -0.390 e. The van der Waals surface area contributed by atoms with E-state index in [0.29, 0.717) is 6.42 Å². The Labute approximate surface area is 81.7 Å². The van der Waals surface area contributed by atoms with Gasteiger partial charge in [0.05, 0.1) is 17.5 Å². The molecule has 3 N–H and O–H groups in total. The lowest BCUT2D eigenvalue weighted by molar-refractivity contribution is -0.119. The molecule has 1 saturated carbocycles. The van der Waals surface area contributed by atoms with Crippen molar-refractivity contribution in [2.75, 3.05) is 6.26 Å². The van der Waals surface area contributed by atoms with Gasteiger partial charge in [0.25, 0.3) is 0 Å². The SMILES string of the molecule is CSC1C(NC(C)=O)CC(O)C1O. The normalized spacial score (nSPS) is 39.1. The maximum atomic E-state index is 10.8. The molecule has 1 aliphatic carbocycles. The van der Waals surface area contributed by atoms with Gasteiger partial charge in [-0.25, -0.2) is 0 Å². The highest BCUT2D eigenvalue weighted by Gasteiger charge is 2.41. The summed E-state index contributed by atoms with van der Waals surface area (Å²) < 4.78 is 0. The third-order valence-corrected chi connectivity index (χ3v) is 3.44. The second-order valence-electron chi connectivity index (χ2n) is 3.30. The Morgan fingerprint density at radius 1 is 1.54 bits per heavy atom. The molecule has 1 amide bonds. The summed E-state index contributed by atoms with van der Waals surface area (Å²) in [6.07, 6.45) is 0.855. The van der Waals surface area contributed by atoms with E-state index in [1.54, 1.807) is 0 Å². The predicted molar refractivity (Wildman–Crippen MR) is 51.5 cm³/mol. The van der Waals surface area contributed by atoms with Crippen molar-refractivity contribution in [1.29, 1.82) is 0 Å². The number of rotatable bonds is 2. The molecule has 1 aliphatic rings. The van der Waals surface area contributed by atoms with Gasteiger partial charge in [-0.15, -0.1) is 0 Å². The number of nitrogens with one attached hydrogen (secondary N) is 1. The maximum absolute atomic E-state index is 10.8. The summed E-state index contributed by atoms with van der Waals surface area (Å²) in [6, 6.07) is -0.113. The smallest absolute Gasteiger partial charge is 0.217 e. The van der Waals surface area contributed by atoms with E-state index in [2.05, 4.69) is 5.32 Å². The largest absolute Gasteiger partial charge is 0.390 e. The monoisotopic (exact) mass is 205 g/mol. The van der Waals surface area contributed by atoms with Crippen molar-refractivity contribution in [2.45, 2.75) is 36.8 Å². The molecule has 76 valence electrons. The molecule has 13 heavy (non-hydrogen) atoms. The highest BCUT2D eigenvalue weighted by molar-refractivity contribution is 7.99. The van der Waals surface area contributed by atoms with Gasteiger partial charge in [-0.1, -0.05) is 0 Å². The Bertz CT molecular complexity index is 200. The van der Waals surface area contributed by atoms with E-state index in [1.807, 2.05) is 6.26 Å². The summed E-state index contributed by atoms with van der Waals surface area (Å²) in [4.78, 5) is 10.8. The van der Waals surface area contributed by atoms with E-state index in [9.17, 15) is 15.0 Å². The van der Waals surface area contributed by atoms with Crippen LogP contribution in [0.15, 0.2) is 0 Å². The van der Waals surface area contributed by atoms with Gasteiger partial charge in [0.1, 0.15) is 0 Å². The zero-order chi connectivity index (χ0) is 10.0. The molecule has 0 radical (unpaired) electrons. The van der Waals surface area contributed by atoms with E-state index >= 15 is 0 Å². The molecule has 0 aliphatic heterocycles. The van der Waals surface area contributed by atoms with Crippen LogP contribution in [0.1, 0.15) is 13.3 Å². The lowest BCUT2D eigenvalue weighted by atomic mass is 10.2. The average Bonchev–Trinajstić information content (AvgIpc) is 2.27. The lowest BCUT2D eigenvalue weighted by Gasteiger charge is -2.19. The minimum atomic E-state index is -0.730. The molecule has 0 bridgehead atoms. The summed E-state index contributed by atoms with van der Waals surface area (Å²) >= 11 is 1.47.